The van der Waals surface area contributed by atoms with E-state index in [1.807, 2.05) is 41.5 Å². The highest BCUT2D eigenvalue weighted by molar-refractivity contribution is 7.20. The molecule has 0 bridgehead atoms. The van der Waals surface area contributed by atoms with Gasteiger partial charge in [-0.25, -0.2) is 0 Å². The van der Waals surface area contributed by atoms with Crippen molar-refractivity contribution in [3.8, 4) is 0 Å². The molecule has 0 saturated heterocycles. The Kier molecular flexibility index (Phi) is 5.92. The van der Waals surface area contributed by atoms with E-state index >= 15 is 0 Å². The zero-order chi connectivity index (χ0) is 13.0. The van der Waals surface area contributed by atoms with Crippen molar-refractivity contribution in [2.75, 3.05) is 6.61 Å². The Labute approximate surface area is 101 Å². The van der Waals surface area contributed by atoms with Gasteiger partial charge in [0.1, 0.15) is 5.60 Å². The Morgan fingerprint density at radius 3 is 2.12 bits per heavy atom. The molecule has 0 aliphatic rings. The topological polar surface area (TPSA) is 35.5 Å². The van der Waals surface area contributed by atoms with Gasteiger partial charge in [0.15, 0.2) is 0 Å². The molecule has 0 rings (SSSR count). The van der Waals surface area contributed by atoms with Crippen molar-refractivity contribution in [3.63, 3.8) is 0 Å². The molecular weight excluding hydrogens is 223 g/mol. The van der Waals surface area contributed by atoms with Gasteiger partial charge in [-0.3, -0.25) is 4.79 Å². The molecule has 1 atom stereocenters. The van der Waals surface area contributed by atoms with Crippen molar-refractivity contribution in [2.24, 2.45) is 0 Å². The molecular formula is C12H25O3P. The first kappa shape index (κ1) is 15.9. The molecule has 96 valence electrons. The number of rotatable bonds is 6. The first-order chi connectivity index (χ1) is 7.04. The molecule has 0 heterocycles. The fourth-order valence-electron chi connectivity index (χ4n) is 0.974. The molecule has 0 N–H and O–H groups in total. The molecule has 0 fully saturated rings. The third-order valence-corrected chi connectivity index (χ3v) is 2.29. The van der Waals surface area contributed by atoms with E-state index in [9.17, 15) is 4.79 Å². The second-order valence-corrected chi connectivity index (χ2v) is 6.98. The summed E-state index contributed by atoms with van der Waals surface area (Å²) in [6, 6.07) is 0. The summed E-state index contributed by atoms with van der Waals surface area (Å²) in [6.45, 7) is 12.0. The summed E-state index contributed by atoms with van der Waals surface area (Å²) in [7, 11) is 2.49. The van der Waals surface area contributed by atoms with Crippen LogP contribution in [-0.4, -0.2) is 29.4 Å². The van der Waals surface area contributed by atoms with E-state index in [0.29, 0.717) is 13.0 Å². The van der Waals surface area contributed by atoms with Crippen molar-refractivity contribution in [2.45, 2.75) is 64.8 Å². The average Bonchev–Trinajstić information content (AvgIpc) is 1.99. The maximum atomic E-state index is 11.7. The Morgan fingerprint density at radius 1 is 1.25 bits per heavy atom. The molecule has 0 amide bonds. The molecule has 0 saturated carbocycles. The van der Waals surface area contributed by atoms with Crippen molar-refractivity contribution in [1.29, 1.82) is 0 Å². The van der Waals surface area contributed by atoms with Crippen LogP contribution in [0.15, 0.2) is 0 Å². The minimum atomic E-state index is -0.532. The number of hydrogen-bond donors (Lipinski definition) is 0. The van der Waals surface area contributed by atoms with Gasteiger partial charge in [0.05, 0.1) is 17.9 Å². The van der Waals surface area contributed by atoms with Crippen LogP contribution in [0.2, 0.25) is 0 Å². The van der Waals surface area contributed by atoms with Gasteiger partial charge in [0.2, 0.25) is 0 Å². The summed E-state index contributed by atoms with van der Waals surface area (Å²) >= 11 is 0. The molecule has 0 radical (unpaired) electrons. The average molecular weight is 248 g/mol. The Morgan fingerprint density at radius 2 is 1.75 bits per heavy atom. The lowest BCUT2D eigenvalue weighted by molar-refractivity contribution is -0.160. The van der Waals surface area contributed by atoms with Gasteiger partial charge < -0.3 is 9.47 Å². The van der Waals surface area contributed by atoms with Crippen LogP contribution in [0, 0.1) is 0 Å². The lowest BCUT2D eigenvalue weighted by Crippen LogP contribution is -2.37. The number of esters is 1. The van der Waals surface area contributed by atoms with Crippen LogP contribution in [0.5, 0.6) is 0 Å². The highest BCUT2D eigenvalue weighted by Crippen LogP contribution is 2.23. The van der Waals surface area contributed by atoms with Gasteiger partial charge in [-0.05, 0) is 41.5 Å². The van der Waals surface area contributed by atoms with Gasteiger partial charge in [-0.1, -0.05) is 0 Å². The van der Waals surface area contributed by atoms with Gasteiger partial charge in [0, 0.05) is 6.42 Å². The summed E-state index contributed by atoms with van der Waals surface area (Å²) in [5.41, 5.74) is -0.472. The van der Waals surface area contributed by atoms with Crippen molar-refractivity contribution >= 4 is 15.2 Å². The normalized spacial score (nSPS) is 13.0. The molecule has 0 aromatic rings. The molecule has 0 aliphatic carbocycles. The Bertz CT molecular complexity index is 229. The van der Waals surface area contributed by atoms with Gasteiger partial charge >= 0.3 is 5.97 Å². The van der Waals surface area contributed by atoms with Crippen LogP contribution < -0.4 is 0 Å². The van der Waals surface area contributed by atoms with E-state index in [4.69, 9.17) is 9.47 Å². The van der Waals surface area contributed by atoms with Crippen LogP contribution in [0.4, 0.5) is 0 Å². The highest BCUT2D eigenvalue weighted by atomic mass is 31.0. The Hall–Kier alpha value is -0.140. The van der Waals surface area contributed by atoms with Crippen molar-refractivity contribution in [1.82, 2.24) is 0 Å². The highest BCUT2D eigenvalue weighted by Gasteiger charge is 2.30. The quantitative estimate of drug-likeness (QED) is 0.535. The molecule has 0 aromatic carbocycles. The fraction of sp³-hybridized carbons (Fsp3) is 0.917. The summed E-state index contributed by atoms with van der Waals surface area (Å²) in [4.78, 5) is 11.7. The van der Waals surface area contributed by atoms with E-state index in [0.717, 1.165) is 0 Å². The van der Waals surface area contributed by atoms with Crippen molar-refractivity contribution < 1.29 is 14.3 Å². The first-order valence-electron chi connectivity index (χ1n) is 5.68. The predicted octanol–water partition coefficient (Wildman–Crippen LogP) is 2.78. The minimum absolute atomic E-state index is 0.202. The predicted molar refractivity (Wildman–Crippen MR) is 69.7 cm³/mol. The van der Waals surface area contributed by atoms with E-state index in [1.165, 1.54) is 0 Å². The zero-order valence-corrected chi connectivity index (χ0v) is 12.4. The lowest BCUT2D eigenvalue weighted by Gasteiger charge is -2.29. The van der Waals surface area contributed by atoms with E-state index in [-0.39, 0.29) is 12.1 Å². The SMILES string of the molecule is CC(C)OCCC(C)(C)OC(=O)C(C)(C)P. The largest absolute Gasteiger partial charge is 0.459 e. The smallest absolute Gasteiger partial charge is 0.315 e. The first-order valence-corrected chi connectivity index (χ1v) is 6.26. The van der Waals surface area contributed by atoms with Crippen LogP contribution in [-0.2, 0) is 14.3 Å². The lowest BCUT2D eigenvalue weighted by atomic mass is 10.1. The zero-order valence-electron chi connectivity index (χ0n) is 11.3. The van der Waals surface area contributed by atoms with Gasteiger partial charge in [-0.2, -0.15) is 0 Å². The molecule has 0 aromatic heterocycles. The van der Waals surface area contributed by atoms with E-state index < -0.39 is 10.8 Å². The second-order valence-electron chi connectivity index (χ2n) is 5.54. The summed E-state index contributed by atoms with van der Waals surface area (Å²) in [6.07, 6.45) is 0.919. The monoisotopic (exact) mass is 248 g/mol. The molecule has 16 heavy (non-hydrogen) atoms. The minimum Gasteiger partial charge on any atom is -0.459 e. The van der Waals surface area contributed by atoms with Crippen LogP contribution >= 0.6 is 9.24 Å². The van der Waals surface area contributed by atoms with E-state index in [2.05, 4.69) is 9.24 Å². The number of ether oxygens (including phenoxy) is 2. The number of carbonyl (C=O) groups is 1. The standard InChI is InChI=1S/C12H25O3P/c1-9(2)14-8-7-11(3,4)15-10(13)12(5,6)16/h9H,7-8,16H2,1-6H3. The number of hydrogen-bond acceptors (Lipinski definition) is 3. The maximum Gasteiger partial charge on any atom is 0.315 e. The van der Waals surface area contributed by atoms with Crippen molar-refractivity contribution in [3.05, 3.63) is 0 Å². The molecule has 3 nitrogen and oxygen atoms in total. The molecule has 0 aliphatic heterocycles. The molecule has 4 heteroatoms. The second kappa shape index (κ2) is 5.97. The molecule has 1 unspecified atom stereocenters. The van der Waals surface area contributed by atoms with Gasteiger partial charge in [-0.15, -0.1) is 9.24 Å². The Balaban J connectivity index is 4.09. The third-order valence-electron chi connectivity index (χ3n) is 2.05. The van der Waals surface area contributed by atoms with E-state index in [1.54, 1.807) is 0 Å². The summed E-state index contributed by atoms with van der Waals surface area (Å²) in [5.74, 6) is -0.202. The summed E-state index contributed by atoms with van der Waals surface area (Å²) in [5, 5.41) is -0.532. The van der Waals surface area contributed by atoms with Gasteiger partial charge in [0.25, 0.3) is 0 Å². The third kappa shape index (κ3) is 7.19. The van der Waals surface area contributed by atoms with Crippen LogP contribution in [0.3, 0.4) is 0 Å². The van der Waals surface area contributed by atoms with Crippen LogP contribution in [0.25, 0.3) is 0 Å². The maximum absolute atomic E-state index is 11.7. The molecule has 0 spiro atoms. The summed E-state index contributed by atoms with van der Waals surface area (Å²) < 4.78 is 10.9. The fourth-order valence-corrected chi connectivity index (χ4v) is 1.03. The van der Waals surface area contributed by atoms with Crippen LogP contribution in [0.1, 0.15) is 48.0 Å². The number of carbonyl (C=O) groups excluding carboxylic acids is 1.